The molecule has 3 aliphatic heterocycles. The molecule has 3 amide bonds. The van der Waals surface area contributed by atoms with E-state index in [1.807, 2.05) is 20.8 Å². The first kappa shape index (κ1) is 33.1. The number of hydrogen-bond acceptors (Lipinski definition) is 8. The van der Waals surface area contributed by atoms with Crippen molar-refractivity contribution < 1.29 is 37.5 Å². The number of hydrogen-bond donors (Lipinski definition) is 0. The van der Waals surface area contributed by atoms with Gasteiger partial charge in [-0.25, -0.2) is 18.5 Å². The molecule has 5 rings (SSSR count). The first-order valence-electron chi connectivity index (χ1n) is 15.6. The van der Waals surface area contributed by atoms with E-state index in [-0.39, 0.29) is 36.2 Å². The Labute approximate surface area is 266 Å². The molecule has 1 spiro atoms. The third-order valence-corrected chi connectivity index (χ3v) is 8.60. The zero-order valence-electron chi connectivity index (χ0n) is 27.0. The Balaban J connectivity index is 1.69. The summed E-state index contributed by atoms with van der Waals surface area (Å²) in [6.07, 6.45) is 3.09. The van der Waals surface area contributed by atoms with Crippen LogP contribution in [0.5, 0.6) is 5.75 Å². The van der Waals surface area contributed by atoms with Gasteiger partial charge in [-0.3, -0.25) is 14.4 Å². The summed E-state index contributed by atoms with van der Waals surface area (Å²) in [6, 6.07) is 2.02. The Kier molecular flexibility index (Phi) is 8.98. The Bertz CT molecular complexity index is 1650. The summed E-state index contributed by atoms with van der Waals surface area (Å²) in [5.74, 6) is -3.64. The van der Waals surface area contributed by atoms with Crippen LogP contribution in [0.3, 0.4) is 0 Å². The van der Waals surface area contributed by atoms with E-state index in [0.29, 0.717) is 36.6 Å². The van der Waals surface area contributed by atoms with E-state index in [1.165, 1.54) is 6.20 Å². The first-order valence-corrected chi connectivity index (χ1v) is 15.6. The van der Waals surface area contributed by atoms with Crippen molar-refractivity contribution in [1.82, 2.24) is 14.4 Å². The van der Waals surface area contributed by atoms with Gasteiger partial charge in [-0.05, 0) is 59.9 Å². The fourth-order valence-corrected chi connectivity index (χ4v) is 6.22. The van der Waals surface area contributed by atoms with Crippen LogP contribution in [-0.4, -0.2) is 68.4 Å². The van der Waals surface area contributed by atoms with Crippen LogP contribution in [-0.2, 0) is 16.1 Å². The van der Waals surface area contributed by atoms with Crippen molar-refractivity contribution >= 4 is 23.6 Å². The summed E-state index contributed by atoms with van der Waals surface area (Å²) < 4.78 is 41.5. The molecule has 2 aromatic rings. The molecular weight excluding hydrogens is 602 g/mol. The van der Waals surface area contributed by atoms with Gasteiger partial charge in [0.2, 0.25) is 5.43 Å². The quantitative estimate of drug-likeness (QED) is 0.361. The normalized spacial score (nSPS) is 22.1. The Hall–Kier alpha value is -4.29. The number of rotatable bonds is 7. The lowest BCUT2D eigenvalue weighted by Crippen LogP contribution is -2.52. The average Bonchev–Trinajstić information content (AvgIpc) is 3.31. The Morgan fingerprint density at radius 1 is 1.22 bits per heavy atom. The van der Waals surface area contributed by atoms with Gasteiger partial charge in [-0.15, -0.1) is 0 Å². The molecule has 0 N–H and O–H groups in total. The number of imide groups is 1. The van der Waals surface area contributed by atoms with Crippen molar-refractivity contribution in [1.29, 1.82) is 0 Å². The molecule has 3 atom stereocenters. The summed E-state index contributed by atoms with van der Waals surface area (Å²) in [5.41, 5.74) is -2.69. The molecule has 13 heteroatoms. The number of fused-ring (bicyclic) bond motifs is 5. The summed E-state index contributed by atoms with van der Waals surface area (Å²) in [5, 5.41) is 4.23. The number of benzene rings is 1. The van der Waals surface area contributed by atoms with Gasteiger partial charge in [-0.2, -0.15) is 0 Å². The van der Waals surface area contributed by atoms with Crippen LogP contribution >= 0.6 is 0 Å². The van der Waals surface area contributed by atoms with E-state index in [9.17, 15) is 28.0 Å². The van der Waals surface area contributed by atoms with Gasteiger partial charge in [0.05, 0.1) is 24.9 Å². The van der Waals surface area contributed by atoms with Crippen molar-refractivity contribution in [2.24, 2.45) is 5.16 Å². The number of carbonyl (C=O) groups is 3. The second-order valence-corrected chi connectivity index (χ2v) is 13.3. The van der Waals surface area contributed by atoms with E-state index < -0.39 is 64.3 Å². The number of amides is 3. The van der Waals surface area contributed by atoms with Gasteiger partial charge < -0.3 is 23.8 Å². The van der Waals surface area contributed by atoms with Gasteiger partial charge in [0.25, 0.3) is 11.8 Å². The lowest BCUT2D eigenvalue weighted by molar-refractivity contribution is -0.0656. The third-order valence-electron chi connectivity index (χ3n) is 8.60. The fraction of sp³-hybridized carbons (Fsp3) is 0.545. The van der Waals surface area contributed by atoms with Crippen molar-refractivity contribution in [2.75, 3.05) is 13.2 Å². The Morgan fingerprint density at radius 3 is 2.59 bits per heavy atom. The highest BCUT2D eigenvalue weighted by atomic mass is 19.1. The minimum Gasteiger partial charge on any atom is -0.487 e. The molecule has 1 aromatic heterocycles. The summed E-state index contributed by atoms with van der Waals surface area (Å²) in [6.45, 7) is 10.2. The summed E-state index contributed by atoms with van der Waals surface area (Å²) >= 11 is 0. The third kappa shape index (κ3) is 6.23. The molecule has 1 fully saturated rings. The summed E-state index contributed by atoms with van der Waals surface area (Å²) in [7, 11) is 0. The number of unbranched alkanes of at least 4 members (excludes halogenated alkanes) is 1. The Morgan fingerprint density at radius 2 is 1.96 bits per heavy atom. The second-order valence-electron chi connectivity index (χ2n) is 13.3. The predicted molar refractivity (Wildman–Crippen MR) is 164 cm³/mol. The smallest absolute Gasteiger partial charge is 0.417 e. The maximum atomic E-state index is 14.8. The molecule has 0 saturated carbocycles. The van der Waals surface area contributed by atoms with Crippen LogP contribution in [0.15, 0.2) is 34.3 Å². The molecule has 46 heavy (non-hydrogen) atoms. The molecule has 11 nitrogen and oxygen atoms in total. The zero-order chi connectivity index (χ0) is 33.6. The van der Waals surface area contributed by atoms with Crippen LogP contribution in [0.25, 0.3) is 0 Å². The maximum Gasteiger partial charge on any atom is 0.417 e. The average molecular weight is 643 g/mol. The minimum absolute atomic E-state index is 0.0106. The maximum absolute atomic E-state index is 14.8. The topological polar surface area (TPSA) is 120 Å². The molecule has 2 bridgehead atoms. The van der Waals surface area contributed by atoms with E-state index >= 15 is 0 Å². The van der Waals surface area contributed by atoms with Gasteiger partial charge in [0, 0.05) is 36.8 Å². The van der Waals surface area contributed by atoms with Crippen molar-refractivity contribution in [3.05, 3.63) is 63.1 Å². The predicted octanol–water partition coefficient (Wildman–Crippen LogP) is 5.60. The van der Waals surface area contributed by atoms with Crippen molar-refractivity contribution in [3.63, 3.8) is 0 Å². The lowest BCUT2D eigenvalue weighted by Gasteiger charge is -2.42. The largest absolute Gasteiger partial charge is 0.487 e. The molecule has 4 heterocycles. The van der Waals surface area contributed by atoms with Gasteiger partial charge in [0.15, 0.2) is 17.0 Å². The van der Waals surface area contributed by atoms with E-state index in [0.717, 1.165) is 24.3 Å². The molecule has 1 aromatic carbocycles. The molecule has 0 aliphatic carbocycles. The molecule has 0 unspecified atom stereocenters. The highest BCUT2D eigenvalue weighted by molar-refractivity contribution is 6.04. The highest BCUT2D eigenvalue weighted by Crippen LogP contribution is 2.46. The molecule has 248 valence electrons. The summed E-state index contributed by atoms with van der Waals surface area (Å²) in [4.78, 5) is 64.3. The number of oxime groups is 1. The second kappa shape index (κ2) is 12.5. The lowest BCUT2D eigenvalue weighted by atomic mass is 9.84. The van der Waals surface area contributed by atoms with Crippen LogP contribution in [0.1, 0.15) is 106 Å². The van der Waals surface area contributed by atoms with Crippen LogP contribution in [0.4, 0.5) is 13.6 Å². The number of ether oxygens (including phenoxy) is 2. The van der Waals surface area contributed by atoms with Gasteiger partial charge in [0.1, 0.15) is 22.8 Å². The zero-order valence-corrected chi connectivity index (χ0v) is 27.0. The van der Waals surface area contributed by atoms with Gasteiger partial charge >= 0.3 is 6.09 Å². The molecular formula is C33H40F2N4O7. The monoisotopic (exact) mass is 642 g/mol. The standard InChI is InChI=1S/C33H40F2N4O7/c1-7-8-13-44-28-26-30(42)37-18-25(33(12-11-20(37)3)15-19(2)36-46-33)38(26)17-23(27(28)40)29(41)39(31(43)45-32(4,5)6)16-21-9-10-22(34)14-24(21)35/h9-10,14,17,20,25H,7-8,11-13,15-16,18H2,1-6H3/t20-,25+,33-/m0/s1. The number of halogens is 2. The van der Waals surface area contributed by atoms with E-state index in [4.69, 9.17) is 14.3 Å². The molecule has 3 aliphatic rings. The van der Waals surface area contributed by atoms with Crippen LogP contribution in [0.2, 0.25) is 0 Å². The van der Waals surface area contributed by atoms with Crippen LogP contribution < -0.4 is 10.2 Å². The molecule has 1 saturated heterocycles. The SMILES string of the molecule is CCCCOc1c2n(cc(C(=O)N(Cc3ccc(F)cc3F)C(=O)OC(C)(C)C)c1=O)[C@@H]1CN(C2=O)[C@@H](C)CC[C@]12CC(C)=NO2. The number of pyridine rings is 1. The number of carbonyl (C=O) groups excluding carboxylic acids is 3. The highest BCUT2D eigenvalue weighted by Gasteiger charge is 2.54. The van der Waals surface area contributed by atoms with Crippen molar-refractivity contribution in [3.8, 4) is 5.75 Å². The van der Waals surface area contributed by atoms with E-state index in [1.54, 1.807) is 30.2 Å². The van der Waals surface area contributed by atoms with Crippen molar-refractivity contribution in [2.45, 2.75) is 103 Å². The minimum atomic E-state index is -1.14. The first-order chi connectivity index (χ1) is 21.7. The fourth-order valence-electron chi connectivity index (χ4n) is 6.22. The molecule has 0 radical (unpaired) electrons. The number of nitrogens with zero attached hydrogens (tertiary/aromatic N) is 4. The van der Waals surface area contributed by atoms with E-state index in [2.05, 4.69) is 5.16 Å². The number of aromatic nitrogens is 1. The van der Waals surface area contributed by atoms with Crippen LogP contribution in [0, 0.1) is 11.6 Å². The van der Waals surface area contributed by atoms with Gasteiger partial charge in [-0.1, -0.05) is 24.6 Å².